The first-order chi connectivity index (χ1) is 8.79. The summed E-state index contributed by atoms with van der Waals surface area (Å²) in [6, 6.07) is 0. The highest BCUT2D eigenvalue weighted by Gasteiger charge is 2.34. The van der Waals surface area contributed by atoms with Gasteiger partial charge in [-0.3, -0.25) is 9.59 Å². The fraction of sp³-hybridized carbons (Fsp3) is 0.750. The summed E-state index contributed by atoms with van der Waals surface area (Å²) in [7, 11) is 0. The Morgan fingerprint density at radius 3 is 2.37 bits per heavy atom. The molecule has 108 valence electrons. The van der Waals surface area contributed by atoms with Gasteiger partial charge in [0.15, 0.2) is 0 Å². The smallest absolute Gasteiger partial charge is 0.321 e. The van der Waals surface area contributed by atoms with E-state index in [9.17, 15) is 9.59 Å². The zero-order valence-electron chi connectivity index (χ0n) is 12.7. The lowest BCUT2D eigenvalue weighted by Gasteiger charge is -2.17. The third-order valence-corrected chi connectivity index (χ3v) is 3.61. The van der Waals surface area contributed by atoms with Crippen LogP contribution < -0.4 is 0 Å². The molecule has 0 aromatic carbocycles. The number of ether oxygens (including phenoxy) is 1. The fourth-order valence-corrected chi connectivity index (χ4v) is 2.99. The van der Waals surface area contributed by atoms with E-state index in [4.69, 9.17) is 0 Å². The van der Waals surface area contributed by atoms with Crippen molar-refractivity contribution in [1.82, 2.24) is 0 Å². The topological polar surface area (TPSA) is 43.4 Å². The Morgan fingerprint density at radius 2 is 1.89 bits per heavy atom. The maximum Gasteiger partial charge on any atom is 0.321 e. The van der Waals surface area contributed by atoms with Gasteiger partial charge in [0, 0.05) is 0 Å². The Kier molecular flexibility index (Phi) is 5.77. The number of hydrogen-bond donors (Lipinski definition) is 0. The summed E-state index contributed by atoms with van der Waals surface area (Å²) < 4.78 is 4.59. The van der Waals surface area contributed by atoms with Gasteiger partial charge in [0.1, 0.15) is 0 Å². The highest BCUT2D eigenvalue weighted by atomic mass is 16.6. The van der Waals surface area contributed by atoms with E-state index in [0.29, 0.717) is 11.8 Å². The van der Waals surface area contributed by atoms with E-state index in [0.717, 1.165) is 17.9 Å². The van der Waals surface area contributed by atoms with Crippen molar-refractivity contribution < 1.29 is 14.3 Å². The molecular weight excluding hydrogens is 240 g/mol. The molecule has 0 bridgehead atoms. The molecule has 1 fully saturated rings. The van der Waals surface area contributed by atoms with Crippen LogP contribution in [-0.4, -0.2) is 11.9 Å². The van der Waals surface area contributed by atoms with E-state index in [-0.39, 0.29) is 18.3 Å². The average Bonchev–Trinajstić information content (AvgIpc) is 2.55. The summed E-state index contributed by atoms with van der Waals surface area (Å²) in [5.74, 6) is 0.684. The number of hydrogen-bond acceptors (Lipinski definition) is 3. The van der Waals surface area contributed by atoms with Gasteiger partial charge >= 0.3 is 11.9 Å². The first kappa shape index (κ1) is 15.9. The molecule has 1 aliphatic rings. The molecule has 1 aliphatic heterocycles. The summed E-state index contributed by atoms with van der Waals surface area (Å²) in [5, 5.41) is 0. The Morgan fingerprint density at radius 1 is 1.26 bits per heavy atom. The summed E-state index contributed by atoms with van der Waals surface area (Å²) in [6.45, 7) is 10.8. The van der Waals surface area contributed by atoms with Crippen molar-refractivity contribution in [3.8, 4) is 0 Å². The zero-order chi connectivity index (χ0) is 14.6. The highest BCUT2D eigenvalue weighted by molar-refractivity contribution is 5.96. The highest BCUT2D eigenvalue weighted by Crippen LogP contribution is 2.27. The molecule has 3 heteroatoms. The molecule has 0 N–H and O–H groups in total. The van der Waals surface area contributed by atoms with Crippen LogP contribution in [0.3, 0.4) is 0 Å². The second kappa shape index (κ2) is 6.88. The summed E-state index contributed by atoms with van der Waals surface area (Å²) in [4.78, 5) is 22.6. The second-order valence-electron chi connectivity index (χ2n) is 6.41. The Hall–Kier alpha value is -1.12. The van der Waals surface area contributed by atoms with E-state index >= 15 is 0 Å². The molecule has 3 nitrogen and oxygen atoms in total. The molecule has 3 atom stereocenters. The van der Waals surface area contributed by atoms with Crippen molar-refractivity contribution in [2.45, 2.75) is 53.9 Å². The number of cyclic esters (lactones) is 2. The lowest BCUT2D eigenvalue weighted by Crippen LogP contribution is -2.11. The number of rotatable bonds is 6. The molecule has 0 aromatic heterocycles. The van der Waals surface area contributed by atoms with Gasteiger partial charge in [-0.05, 0) is 37.5 Å². The van der Waals surface area contributed by atoms with Gasteiger partial charge < -0.3 is 4.74 Å². The standard InChI is InChI=1S/C16H26O3/c1-10(2)6-11(3)7-12(4)8-13(5)14-9-15(17)19-16(14)18/h8,10-12,14H,6-7,9H2,1-5H3/b13-8+/t11-,12+,14+/m1/s1. The van der Waals surface area contributed by atoms with Gasteiger partial charge in [-0.15, -0.1) is 0 Å². The van der Waals surface area contributed by atoms with Crippen LogP contribution >= 0.6 is 0 Å². The van der Waals surface area contributed by atoms with Crippen LogP contribution in [0.15, 0.2) is 11.6 Å². The quantitative estimate of drug-likeness (QED) is 0.418. The van der Waals surface area contributed by atoms with E-state index < -0.39 is 5.97 Å². The summed E-state index contributed by atoms with van der Waals surface area (Å²) in [5.41, 5.74) is 0.972. The molecule has 1 rings (SSSR count). The van der Waals surface area contributed by atoms with Gasteiger partial charge in [-0.1, -0.05) is 39.3 Å². The van der Waals surface area contributed by atoms with E-state index in [2.05, 4.69) is 38.5 Å². The Balaban J connectivity index is 2.53. The average molecular weight is 266 g/mol. The van der Waals surface area contributed by atoms with Crippen molar-refractivity contribution in [2.24, 2.45) is 23.7 Å². The first-order valence-electron chi connectivity index (χ1n) is 7.22. The molecule has 19 heavy (non-hydrogen) atoms. The maximum atomic E-state index is 11.5. The number of carbonyl (C=O) groups is 2. The number of esters is 2. The zero-order valence-corrected chi connectivity index (χ0v) is 12.7. The minimum Gasteiger partial charge on any atom is -0.393 e. The second-order valence-corrected chi connectivity index (χ2v) is 6.41. The molecule has 0 unspecified atom stereocenters. The minimum atomic E-state index is -0.399. The molecule has 0 spiro atoms. The predicted molar refractivity (Wildman–Crippen MR) is 75.4 cm³/mol. The third kappa shape index (κ3) is 5.17. The molecule has 0 aromatic rings. The monoisotopic (exact) mass is 266 g/mol. The van der Waals surface area contributed by atoms with Crippen molar-refractivity contribution in [3.05, 3.63) is 11.6 Å². The lowest BCUT2D eigenvalue weighted by molar-refractivity contribution is -0.152. The van der Waals surface area contributed by atoms with Crippen LogP contribution in [0.4, 0.5) is 0 Å². The molecule has 0 amide bonds. The van der Waals surface area contributed by atoms with Crippen molar-refractivity contribution in [3.63, 3.8) is 0 Å². The van der Waals surface area contributed by atoms with Crippen molar-refractivity contribution >= 4 is 11.9 Å². The largest absolute Gasteiger partial charge is 0.393 e. The molecular formula is C16H26O3. The SMILES string of the molecule is C/C(=C\[C@@H](C)C[C@H](C)CC(C)C)[C@@H]1CC(=O)OC1=O. The van der Waals surface area contributed by atoms with Crippen LogP contribution in [0.1, 0.15) is 53.9 Å². The third-order valence-electron chi connectivity index (χ3n) is 3.61. The van der Waals surface area contributed by atoms with E-state index in [1.54, 1.807) is 0 Å². The first-order valence-corrected chi connectivity index (χ1v) is 7.22. The summed E-state index contributed by atoms with van der Waals surface area (Å²) in [6.07, 6.45) is 4.67. The van der Waals surface area contributed by atoms with Crippen LogP contribution in [-0.2, 0) is 14.3 Å². The van der Waals surface area contributed by atoms with Crippen LogP contribution in [0.25, 0.3) is 0 Å². The van der Waals surface area contributed by atoms with Crippen LogP contribution in [0.2, 0.25) is 0 Å². The van der Waals surface area contributed by atoms with E-state index in [1.807, 2.05) is 6.92 Å². The van der Waals surface area contributed by atoms with Gasteiger partial charge in [-0.2, -0.15) is 0 Å². The van der Waals surface area contributed by atoms with Crippen molar-refractivity contribution in [1.29, 1.82) is 0 Å². The lowest BCUT2D eigenvalue weighted by atomic mass is 9.87. The molecule has 1 saturated heterocycles. The van der Waals surface area contributed by atoms with Crippen LogP contribution in [0, 0.1) is 23.7 Å². The Labute approximate surface area is 116 Å². The molecule has 0 saturated carbocycles. The van der Waals surface area contributed by atoms with Gasteiger partial charge in [0.25, 0.3) is 0 Å². The number of allylic oxidation sites excluding steroid dienone is 1. The molecule has 0 aliphatic carbocycles. The van der Waals surface area contributed by atoms with Gasteiger partial charge in [0.2, 0.25) is 0 Å². The van der Waals surface area contributed by atoms with Gasteiger partial charge in [0.05, 0.1) is 12.3 Å². The maximum absolute atomic E-state index is 11.5. The normalized spacial score (nSPS) is 23.7. The van der Waals surface area contributed by atoms with Crippen molar-refractivity contribution in [2.75, 3.05) is 0 Å². The fourth-order valence-electron chi connectivity index (χ4n) is 2.99. The molecule has 0 radical (unpaired) electrons. The summed E-state index contributed by atoms with van der Waals surface area (Å²) >= 11 is 0. The van der Waals surface area contributed by atoms with E-state index in [1.165, 1.54) is 6.42 Å². The van der Waals surface area contributed by atoms with Crippen LogP contribution in [0.5, 0.6) is 0 Å². The molecule has 1 heterocycles. The predicted octanol–water partition coefficient (Wildman–Crippen LogP) is 3.73. The number of carbonyl (C=O) groups excluding carboxylic acids is 2. The Bertz CT molecular complexity index is 368. The minimum absolute atomic E-state index is 0.204. The van der Waals surface area contributed by atoms with Gasteiger partial charge in [-0.25, -0.2) is 0 Å².